The molecule has 0 aliphatic rings. The van der Waals surface area contributed by atoms with Crippen molar-refractivity contribution in [1.29, 1.82) is 0 Å². The molecule has 0 spiro atoms. The molecule has 0 aliphatic heterocycles. The van der Waals surface area contributed by atoms with E-state index in [0.29, 0.717) is 5.02 Å². The van der Waals surface area contributed by atoms with Crippen molar-refractivity contribution in [2.75, 3.05) is 0 Å². The van der Waals surface area contributed by atoms with Crippen molar-refractivity contribution in [3.8, 4) is 0 Å². The number of rotatable bonds is 5. The number of nitrogens with zero attached hydrogens (tertiary/aromatic N) is 1. The first-order chi connectivity index (χ1) is 9.15. The maximum Gasteiger partial charge on any atom is 0.0439 e. The molecule has 19 heavy (non-hydrogen) atoms. The van der Waals surface area contributed by atoms with Gasteiger partial charge in [-0.3, -0.25) is 4.98 Å². The maximum atomic E-state index is 6.14. The molecule has 0 amide bonds. The van der Waals surface area contributed by atoms with Gasteiger partial charge in [0, 0.05) is 28.0 Å². The Labute approximate surface area is 123 Å². The van der Waals surface area contributed by atoms with E-state index in [-0.39, 0.29) is 6.04 Å². The summed E-state index contributed by atoms with van der Waals surface area (Å²) in [6, 6.07) is 11.4. The van der Waals surface area contributed by atoms with Crippen LogP contribution in [0.25, 0.3) is 0 Å². The highest BCUT2D eigenvalue weighted by atomic mass is 35.5. The van der Waals surface area contributed by atoms with E-state index in [1.54, 1.807) is 12.3 Å². The van der Waals surface area contributed by atoms with E-state index in [9.17, 15) is 0 Å². The van der Waals surface area contributed by atoms with Crippen LogP contribution < -0.4 is 5.73 Å². The summed E-state index contributed by atoms with van der Waals surface area (Å²) >= 11 is 12.1. The zero-order valence-electron chi connectivity index (χ0n) is 10.5. The van der Waals surface area contributed by atoms with Gasteiger partial charge in [-0.15, -0.1) is 0 Å². The van der Waals surface area contributed by atoms with Crippen molar-refractivity contribution < 1.29 is 0 Å². The van der Waals surface area contributed by atoms with Crippen LogP contribution in [-0.4, -0.2) is 11.0 Å². The molecule has 2 nitrogen and oxygen atoms in total. The molecule has 1 heterocycles. The van der Waals surface area contributed by atoms with Crippen LogP contribution in [0, 0.1) is 0 Å². The standard InChI is InChI=1S/C15H16Cl2N2/c16-12-4-7-15(17)11(9-12)10-13(18)5-6-14-3-1-2-8-19-14/h1-4,7-9,13H,5-6,10,18H2. The second kappa shape index (κ2) is 6.90. The number of pyridine rings is 1. The summed E-state index contributed by atoms with van der Waals surface area (Å²) in [5, 5.41) is 1.41. The Balaban J connectivity index is 1.90. The van der Waals surface area contributed by atoms with Crippen molar-refractivity contribution in [2.24, 2.45) is 5.73 Å². The van der Waals surface area contributed by atoms with Crippen LogP contribution in [0.15, 0.2) is 42.6 Å². The fourth-order valence-corrected chi connectivity index (χ4v) is 2.35. The van der Waals surface area contributed by atoms with Gasteiger partial charge in [0.2, 0.25) is 0 Å². The first-order valence-corrected chi connectivity index (χ1v) is 7.00. The highest BCUT2D eigenvalue weighted by Gasteiger charge is 2.08. The number of aromatic nitrogens is 1. The summed E-state index contributed by atoms with van der Waals surface area (Å²) < 4.78 is 0. The van der Waals surface area contributed by atoms with Crippen LogP contribution >= 0.6 is 23.2 Å². The molecule has 100 valence electrons. The Kier molecular flexibility index (Phi) is 5.20. The van der Waals surface area contributed by atoms with Gasteiger partial charge in [-0.25, -0.2) is 0 Å². The van der Waals surface area contributed by atoms with Gasteiger partial charge in [-0.1, -0.05) is 29.3 Å². The highest BCUT2D eigenvalue weighted by Crippen LogP contribution is 2.22. The summed E-state index contributed by atoms with van der Waals surface area (Å²) in [5.41, 5.74) is 8.21. The molecule has 0 aliphatic carbocycles. The Hall–Kier alpha value is -1.09. The second-order valence-electron chi connectivity index (χ2n) is 4.56. The van der Waals surface area contributed by atoms with E-state index in [1.165, 1.54) is 0 Å². The summed E-state index contributed by atoms with van der Waals surface area (Å²) in [7, 11) is 0. The molecule has 0 fully saturated rings. The normalized spacial score (nSPS) is 12.4. The summed E-state index contributed by atoms with van der Waals surface area (Å²) in [4.78, 5) is 4.29. The molecule has 0 bridgehead atoms. The van der Waals surface area contributed by atoms with Crippen LogP contribution in [0.2, 0.25) is 10.0 Å². The van der Waals surface area contributed by atoms with Gasteiger partial charge in [0.15, 0.2) is 0 Å². The molecular formula is C15H16Cl2N2. The van der Waals surface area contributed by atoms with Gasteiger partial charge in [0.05, 0.1) is 0 Å². The number of benzene rings is 1. The van der Waals surface area contributed by atoms with Crippen molar-refractivity contribution in [2.45, 2.75) is 25.3 Å². The first kappa shape index (κ1) is 14.3. The van der Waals surface area contributed by atoms with Gasteiger partial charge in [0.1, 0.15) is 0 Å². The molecule has 0 saturated carbocycles. The lowest BCUT2D eigenvalue weighted by Crippen LogP contribution is -2.23. The third kappa shape index (κ3) is 4.50. The molecule has 0 radical (unpaired) electrons. The molecule has 0 saturated heterocycles. The van der Waals surface area contributed by atoms with E-state index >= 15 is 0 Å². The number of aryl methyl sites for hydroxylation is 1. The molecule has 1 aromatic heterocycles. The topological polar surface area (TPSA) is 38.9 Å². The predicted molar refractivity (Wildman–Crippen MR) is 80.7 cm³/mol. The lowest BCUT2D eigenvalue weighted by Gasteiger charge is -2.12. The second-order valence-corrected chi connectivity index (χ2v) is 5.40. The quantitative estimate of drug-likeness (QED) is 0.908. The smallest absolute Gasteiger partial charge is 0.0439 e. The van der Waals surface area contributed by atoms with Crippen LogP contribution in [0.1, 0.15) is 17.7 Å². The molecule has 1 unspecified atom stereocenters. The average molecular weight is 295 g/mol. The molecule has 4 heteroatoms. The molecule has 1 atom stereocenters. The fraction of sp³-hybridized carbons (Fsp3) is 0.267. The molecule has 1 aromatic carbocycles. The van der Waals surface area contributed by atoms with Gasteiger partial charge in [-0.2, -0.15) is 0 Å². The van der Waals surface area contributed by atoms with Crippen molar-refractivity contribution in [3.63, 3.8) is 0 Å². The third-order valence-corrected chi connectivity index (χ3v) is 3.59. The fourth-order valence-electron chi connectivity index (χ4n) is 1.96. The number of hydrogen-bond donors (Lipinski definition) is 1. The lowest BCUT2D eigenvalue weighted by molar-refractivity contribution is 0.605. The van der Waals surface area contributed by atoms with Crippen molar-refractivity contribution >= 4 is 23.2 Å². The molecule has 2 rings (SSSR count). The van der Waals surface area contributed by atoms with Crippen LogP contribution in [-0.2, 0) is 12.8 Å². The first-order valence-electron chi connectivity index (χ1n) is 6.24. The maximum absolute atomic E-state index is 6.14. The van der Waals surface area contributed by atoms with Crippen molar-refractivity contribution in [1.82, 2.24) is 4.98 Å². The number of halogens is 2. The zero-order chi connectivity index (χ0) is 13.7. The minimum atomic E-state index is 0.0537. The lowest BCUT2D eigenvalue weighted by atomic mass is 10.0. The largest absolute Gasteiger partial charge is 0.327 e. The molecule has 2 aromatic rings. The summed E-state index contributed by atoms with van der Waals surface area (Å²) in [5.74, 6) is 0. The van der Waals surface area contributed by atoms with Gasteiger partial charge in [-0.05, 0) is 55.2 Å². The Morgan fingerprint density at radius 1 is 1.16 bits per heavy atom. The van der Waals surface area contributed by atoms with E-state index in [0.717, 1.165) is 35.5 Å². The van der Waals surface area contributed by atoms with Crippen molar-refractivity contribution in [3.05, 3.63) is 63.9 Å². The van der Waals surface area contributed by atoms with E-state index in [2.05, 4.69) is 4.98 Å². The van der Waals surface area contributed by atoms with Crippen LogP contribution in [0.5, 0.6) is 0 Å². The zero-order valence-corrected chi connectivity index (χ0v) is 12.0. The van der Waals surface area contributed by atoms with E-state index in [4.69, 9.17) is 28.9 Å². The minimum absolute atomic E-state index is 0.0537. The monoisotopic (exact) mass is 294 g/mol. The van der Waals surface area contributed by atoms with Gasteiger partial charge >= 0.3 is 0 Å². The van der Waals surface area contributed by atoms with E-state index < -0.39 is 0 Å². The predicted octanol–water partition coefficient (Wildman–Crippen LogP) is 3.89. The minimum Gasteiger partial charge on any atom is -0.327 e. The highest BCUT2D eigenvalue weighted by molar-refractivity contribution is 6.33. The summed E-state index contributed by atoms with van der Waals surface area (Å²) in [6.07, 6.45) is 4.28. The molecule has 2 N–H and O–H groups in total. The van der Waals surface area contributed by atoms with Crippen LogP contribution in [0.3, 0.4) is 0 Å². The SMILES string of the molecule is NC(CCc1ccccn1)Cc1cc(Cl)ccc1Cl. The number of nitrogens with two attached hydrogens (primary N) is 1. The number of hydrogen-bond acceptors (Lipinski definition) is 2. The van der Waals surface area contributed by atoms with E-state index in [1.807, 2.05) is 30.3 Å². The Morgan fingerprint density at radius 2 is 2.00 bits per heavy atom. The molecular weight excluding hydrogens is 279 g/mol. The van der Waals surface area contributed by atoms with Gasteiger partial charge < -0.3 is 5.73 Å². The van der Waals surface area contributed by atoms with Gasteiger partial charge in [0.25, 0.3) is 0 Å². The van der Waals surface area contributed by atoms with Crippen LogP contribution in [0.4, 0.5) is 0 Å². The average Bonchev–Trinajstić information content (AvgIpc) is 2.42. The Morgan fingerprint density at radius 3 is 2.74 bits per heavy atom. The summed E-state index contributed by atoms with van der Waals surface area (Å²) in [6.45, 7) is 0. The third-order valence-electron chi connectivity index (χ3n) is 2.99. The Bertz CT molecular complexity index is 529.